The molecule has 0 aliphatic heterocycles. The summed E-state index contributed by atoms with van der Waals surface area (Å²) in [7, 11) is 0. The molecule has 0 aromatic carbocycles. The lowest BCUT2D eigenvalue weighted by atomic mass is 10.2. The monoisotopic (exact) mass is 281 g/mol. The highest BCUT2D eigenvalue weighted by Gasteiger charge is 2.10. The highest BCUT2D eigenvalue weighted by atomic mass is 127. The number of nitrogens with zero attached hydrogens (tertiary/aromatic N) is 1. The topological polar surface area (TPSA) is 35.3 Å². The number of hydrogen-bond donors (Lipinski definition) is 0. The Kier molecular flexibility index (Phi) is 3.37. The summed E-state index contributed by atoms with van der Waals surface area (Å²) in [4.78, 5) is 0. The van der Waals surface area contributed by atoms with Crippen molar-refractivity contribution in [2.45, 2.75) is 20.8 Å². The third kappa shape index (κ3) is 2.36. The molecule has 0 radical (unpaired) electrons. The van der Waals surface area contributed by atoms with E-state index in [1.54, 1.807) is 0 Å². The van der Waals surface area contributed by atoms with Crippen LogP contribution in [0.4, 0.5) is 0 Å². The Morgan fingerprint density at radius 3 is 2.67 bits per heavy atom. The lowest BCUT2D eigenvalue weighted by Crippen LogP contribution is -2.05. The van der Waals surface area contributed by atoms with Crippen LogP contribution in [0.1, 0.15) is 19.6 Å². The fourth-order valence-corrected chi connectivity index (χ4v) is 1.03. The van der Waals surface area contributed by atoms with Gasteiger partial charge in [-0.25, -0.2) is 0 Å². The Morgan fingerprint density at radius 1 is 1.58 bits per heavy atom. The molecule has 0 atom stereocenters. The molecular weight excluding hydrogens is 269 g/mol. The molecule has 0 aliphatic carbocycles. The third-order valence-corrected chi connectivity index (χ3v) is 2.54. The molecule has 1 rings (SSSR count). The van der Waals surface area contributed by atoms with Crippen LogP contribution in [0.15, 0.2) is 4.52 Å². The molecule has 0 saturated heterocycles. The van der Waals surface area contributed by atoms with Crippen LogP contribution in [-0.2, 0) is 0 Å². The maximum atomic E-state index is 5.41. The molecule has 0 unspecified atom stereocenters. The number of halogens is 1. The first-order valence-corrected chi connectivity index (χ1v) is 4.93. The minimum Gasteiger partial charge on any atom is -0.474 e. The average molecular weight is 281 g/mol. The highest BCUT2D eigenvalue weighted by Crippen LogP contribution is 2.22. The number of aryl methyl sites for hydroxylation is 1. The van der Waals surface area contributed by atoms with Crippen LogP contribution in [0.2, 0.25) is 0 Å². The zero-order valence-electron chi connectivity index (χ0n) is 7.43. The molecule has 0 aliphatic rings. The van der Waals surface area contributed by atoms with Crippen LogP contribution in [0.3, 0.4) is 0 Å². The number of rotatable bonds is 3. The van der Waals surface area contributed by atoms with E-state index in [0.717, 1.165) is 9.33 Å². The fraction of sp³-hybridized carbons (Fsp3) is 0.625. The second kappa shape index (κ2) is 4.11. The van der Waals surface area contributed by atoms with Crippen LogP contribution >= 0.6 is 22.6 Å². The van der Waals surface area contributed by atoms with Crippen molar-refractivity contribution in [3.05, 3.63) is 9.33 Å². The van der Waals surface area contributed by atoms with Gasteiger partial charge in [0.15, 0.2) is 5.76 Å². The van der Waals surface area contributed by atoms with E-state index >= 15 is 0 Å². The van der Waals surface area contributed by atoms with E-state index in [9.17, 15) is 0 Å². The van der Waals surface area contributed by atoms with Gasteiger partial charge in [-0.2, -0.15) is 0 Å². The molecule has 0 spiro atoms. The summed E-state index contributed by atoms with van der Waals surface area (Å²) in [5.41, 5.74) is 0. The van der Waals surface area contributed by atoms with E-state index in [2.05, 4.69) is 41.6 Å². The molecular formula is C8H12INO2. The number of ether oxygens (including phenoxy) is 1. The first-order chi connectivity index (χ1) is 5.61. The summed E-state index contributed by atoms with van der Waals surface area (Å²) in [5.74, 6) is 1.94. The van der Waals surface area contributed by atoms with E-state index in [1.165, 1.54) is 0 Å². The van der Waals surface area contributed by atoms with Crippen molar-refractivity contribution in [1.82, 2.24) is 5.16 Å². The van der Waals surface area contributed by atoms with E-state index in [1.807, 2.05) is 6.92 Å². The largest absolute Gasteiger partial charge is 0.474 e. The van der Waals surface area contributed by atoms with Gasteiger partial charge in [-0.15, -0.1) is 0 Å². The zero-order valence-corrected chi connectivity index (χ0v) is 9.58. The summed E-state index contributed by atoms with van der Waals surface area (Å²) in [5, 5.41) is 3.78. The predicted octanol–water partition coefficient (Wildman–Crippen LogP) is 2.62. The molecule has 4 heteroatoms. The maximum Gasteiger partial charge on any atom is 0.268 e. The van der Waals surface area contributed by atoms with Crippen molar-refractivity contribution in [2.75, 3.05) is 6.61 Å². The van der Waals surface area contributed by atoms with Gasteiger partial charge in [0, 0.05) is 0 Å². The van der Waals surface area contributed by atoms with Crippen LogP contribution in [0.25, 0.3) is 0 Å². The van der Waals surface area contributed by atoms with Gasteiger partial charge >= 0.3 is 0 Å². The molecule has 1 aromatic rings. The van der Waals surface area contributed by atoms with Gasteiger partial charge in [0.1, 0.15) is 3.57 Å². The number of aromatic nitrogens is 1. The van der Waals surface area contributed by atoms with E-state index in [4.69, 9.17) is 9.26 Å². The van der Waals surface area contributed by atoms with Gasteiger partial charge in [-0.05, 0) is 40.6 Å². The molecule has 0 N–H and O–H groups in total. The van der Waals surface area contributed by atoms with Crippen molar-refractivity contribution < 1.29 is 9.26 Å². The van der Waals surface area contributed by atoms with Gasteiger partial charge < -0.3 is 9.26 Å². The lowest BCUT2D eigenvalue weighted by molar-refractivity contribution is 0.242. The minimum absolute atomic E-state index is 0.512. The molecule has 68 valence electrons. The Bertz CT molecular complexity index is 258. The molecule has 0 amide bonds. The van der Waals surface area contributed by atoms with Crippen LogP contribution in [-0.4, -0.2) is 11.8 Å². The van der Waals surface area contributed by atoms with Gasteiger partial charge in [-0.1, -0.05) is 13.8 Å². The van der Waals surface area contributed by atoms with Gasteiger partial charge in [0.25, 0.3) is 5.88 Å². The van der Waals surface area contributed by atoms with Crippen molar-refractivity contribution in [3.63, 3.8) is 0 Å². The quantitative estimate of drug-likeness (QED) is 0.799. The molecule has 12 heavy (non-hydrogen) atoms. The average Bonchev–Trinajstić information content (AvgIpc) is 2.30. The van der Waals surface area contributed by atoms with Gasteiger partial charge in [0.2, 0.25) is 0 Å². The number of hydrogen-bond acceptors (Lipinski definition) is 3. The molecule has 0 fully saturated rings. The Hall–Kier alpha value is -0.260. The van der Waals surface area contributed by atoms with Gasteiger partial charge in [-0.3, -0.25) is 0 Å². The Morgan fingerprint density at radius 2 is 2.25 bits per heavy atom. The molecule has 1 aromatic heterocycles. The fourth-order valence-electron chi connectivity index (χ4n) is 0.676. The summed E-state index contributed by atoms with van der Waals surface area (Å²) in [6.45, 7) is 6.75. The van der Waals surface area contributed by atoms with Gasteiger partial charge in [0.05, 0.1) is 6.61 Å². The van der Waals surface area contributed by atoms with Crippen molar-refractivity contribution >= 4 is 22.6 Å². The van der Waals surface area contributed by atoms with Crippen LogP contribution < -0.4 is 4.74 Å². The van der Waals surface area contributed by atoms with Crippen molar-refractivity contribution in [1.29, 1.82) is 0 Å². The lowest BCUT2D eigenvalue weighted by Gasteiger charge is -2.04. The zero-order chi connectivity index (χ0) is 9.14. The van der Waals surface area contributed by atoms with Crippen LogP contribution in [0.5, 0.6) is 5.88 Å². The molecule has 0 saturated carbocycles. The van der Waals surface area contributed by atoms with E-state index in [0.29, 0.717) is 18.4 Å². The smallest absolute Gasteiger partial charge is 0.268 e. The summed E-state index contributed by atoms with van der Waals surface area (Å²) < 4.78 is 11.3. The molecule has 0 bridgehead atoms. The predicted molar refractivity (Wildman–Crippen MR) is 54.3 cm³/mol. The minimum atomic E-state index is 0.512. The first kappa shape index (κ1) is 9.83. The molecule has 1 heterocycles. The normalized spacial score (nSPS) is 10.8. The summed E-state index contributed by atoms with van der Waals surface area (Å²) >= 11 is 2.17. The second-order valence-corrected chi connectivity index (χ2v) is 4.14. The Balaban J connectivity index is 2.58. The van der Waals surface area contributed by atoms with Crippen molar-refractivity contribution in [2.24, 2.45) is 5.92 Å². The summed E-state index contributed by atoms with van der Waals surface area (Å²) in [6, 6.07) is 0. The first-order valence-electron chi connectivity index (χ1n) is 3.86. The van der Waals surface area contributed by atoms with Crippen LogP contribution in [0, 0.1) is 16.4 Å². The SMILES string of the molecule is Cc1onc(OCC(C)C)c1I. The Labute approximate surface area is 85.6 Å². The third-order valence-electron chi connectivity index (χ3n) is 1.32. The summed E-state index contributed by atoms with van der Waals surface area (Å²) in [6.07, 6.45) is 0. The second-order valence-electron chi connectivity index (χ2n) is 3.06. The maximum absolute atomic E-state index is 5.41. The van der Waals surface area contributed by atoms with E-state index in [-0.39, 0.29) is 0 Å². The standard InChI is InChI=1S/C8H12INO2/c1-5(2)4-11-8-7(9)6(3)12-10-8/h5H,4H2,1-3H3. The van der Waals surface area contributed by atoms with E-state index < -0.39 is 0 Å². The van der Waals surface area contributed by atoms with Crippen molar-refractivity contribution in [3.8, 4) is 5.88 Å². The highest BCUT2D eigenvalue weighted by molar-refractivity contribution is 14.1. The molecule has 3 nitrogen and oxygen atoms in total.